The minimum atomic E-state index is 0.220. The molecule has 0 aromatic carbocycles. The predicted octanol–water partition coefficient (Wildman–Crippen LogP) is 1.52. The molecule has 0 saturated heterocycles. The first-order valence-electron chi connectivity index (χ1n) is 5.58. The molecular weight excluding hydrogens is 254 g/mol. The van der Waals surface area contributed by atoms with E-state index in [1.807, 2.05) is 6.07 Å². The van der Waals surface area contributed by atoms with Gasteiger partial charge in [-0.3, -0.25) is 15.3 Å². The lowest BCUT2D eigenvalue weighted by Crippen LogP contribution is -2.26. The van der Waals surface area contributed by atoms with Crippen LogP contribution in [0.2, 0.25) is 0 Å². The van der Waals surface area contributed by atoms with Crippen LogP contribution in [0, 0.1) is 22.8 Å². The summed E-state index contributed by atoms with van der Waals surface area (Å²) in [7, 11) is 0. The summed E-state index contributed by atoms with van der Waals surface area (Å²) in [6.07, 6.45) is 7.95. The van der Waals surface area contributed by atoms with Crippen molar-refractivity contribution in [1.29, 1.82) is 10.5 Å². The van der Waals surface area contributed by atoms with E-state index in [1.165, 1.54) is 12.4 Å². The van der Waals surface area contributed by atoms with Crippen LogP contribution in [0.3, 0.4) is 0 Å². The number of nitrogens with one attached hydrogen (secondary N) is 2. The second kappa shape index (κ2) is 6.47. The Morgan fingerprint density at radius 2 is 2.10 bits per heavy atom. The van der Waals surface area contributed by atoms with E-state index in [4.69, 9.17) is 10.5 Å². The number of pyridine rings is 2. The number of nitriles is 2. The maximum absolute atomic E-state index is 8.81. The molecule has 0 aliphatic heterocycles. The summed E-state index contributed by atoms with van der Waals surface area (Å²) in [6, 6.07) is 7.07. The molecule has 0 saturated carbocycles. The Morgan fingerprint density at radius 1 is 1.20 bits per heavy atom. The highest BCUT2D eigenvalue weighted by Gasteiger charge is 2.02. The van der Waals surface area contributed by atoms with Crippen LogP contribution in [-0.2, 0) is 0 Å². The quantitative estimate of drug-likeness (QED) is 0.368. The fraction of sp³-hybridized carbons (Fsp3) is 0. The second-order valence-electron chi connectivity index (χ2n) is 3.61. The maximum atomic E-state index is 8.81. The van der Waals surface area contributed by atoms with Crippen LogP contribution in [0.4, 0.5) is 11.4 Å². The van der Waals surface area contributed by atoms with Gasteiger partial charge < -0.3 is 5.32 Å². The maximum Gasteiger partial charge on any atom is 0.214 e. The molecule has 0 aliphatic carbocycles. The first-order chi connectivity index (χ1) is 9.81. The largest absolute Gasteiger partial charge is 0.324 e. The Labute approximate surface area is 115 Å². The molecule has 96 valence electrons. The molecule has 2 N–H and O–H groups in total. The van der Waals surface area contributed by atoms with Gasteiger partial charge in [0.15, 0.2) is 6.19 Å². The van der Waals surface area contributed by atoms with Crippen molar-refractivity contribution in [2.45, 2.75) is 0 Å². The highest BCUT2D eigenvalue weighted by atomic mass is 15.2. The van der Waals surface area contributed by atoms with E-state index < -0.39 is 0 Å². The standard InChI is InChI=1S/C13H9N7/c14-5-10-4-12(8-17-6-10)20-13(18-9-15)19-11-2-1-3-16-7-11/h1-4,6-8H,(H2,18,19,20). The average molecular weight is 263 g/mol. The Balaban J connectivity index is 2.24. The van der Waals surface area contributed by atoms with Gasteiger partial charge in [0, 0.05) is 12.4 Å². The molecule has 0 spiro atoms. The number of hydrogen-bond acceptors (Lipinski definition) is 5. The highest BCUT2D eigenvalue weighted by Crippen LogP contribution is 2.10. The first-order valence-corrected chi connectivity index (χ1v) is 5.58. The number of aromatic nitrogens is 2. The van der Waals surface area contributed by atoms with Crippen LogP contribution in [0.25, 0.3) is 0 Å². The van der Waals surface area contributed by atoms with E-state index in [-0.39, 0.29) is 5.96 Å². The Kier molecular flexibility index (Phi) is 4.21. The smallest absolute Gasteiger partial charge is 0.214 e. The van der Waals surface area contributed by atoms with Crippen LogP contribution >= 0.6 is 0 Å². The summed E-state index contributed by atoms with van der Waals surface area (Å²) >= 11 is 0. The van der Waals surface area contributed by atoms with Gasteiger partial charge in [-0.05, 0) is 18.2 Å². The normalized spacial score (nSPS) is 10.2. The molecule has 2 aromatic heterocycles. The molecule has 0 bridgehead atoms. The van der Waals surface area contributed by atoms with E-state index in [1.54, 1.807) is 36.8 Å². The zero-order valence-electron chi connectivity index (χ0n) is 10.3. The van der Waals surface area contributed by atoms with Crippen molar-refractivity contribution in [3.8, 4) is 12.3 Å². The zero-order valence-corrected chi connectivity index (χ0v) is 10.3. The number of hydrogen-bond donors (Lipinski definition) is 2. The topological polar surface area (TPSA) is 110 Å². The third-order valence-electron chi connectivity index (χ3n) is 2.19. The molecule has 0 radical (unpaired) electrons. The Hall–Kier alpha value is -3.45. The lowest BCUT2D eigenvalue weighted by atomic mass is 10.3. The monoisotopic (exact) mass is 263 g/mol. The molecule has 7 heteroatoms. The van der Waals surface area contributed by atoms with Gasteiger partial charge >= 0.3 is 0 Å². The number of rotatable bonds is 2. The van der Waals surface area contributed by atoms with Crippen molar-refractivity contribution >= 4 is 17.3 Å². The lowest BCUT2D eigenvalue weighted by molar-refractivity contribution is 1.21. The molecule has 0 unspecified atom stereocenters. The number of anilines is 1. The van der Waals surface area contributed by atoms with E-state index in [9.17, 15) is 0 Å². The number of aliphatic imine (C=N–C) groups is 1. The van der Waals surface area contributed by atoms with Gasteiger partial charge in [-0.25, -0.2) is 4.99 Å². The minimum Gasteiger partial charge on any atom is -0.324 e. The van der Waals surface area contributed by atoms with Crippen LogP contribution in [0.1, 0.15) is 5.56 Å². The molecule has 20 heavy (non-hydrogen) atoms. The third-order valence-corrected chi connectivity index (χ3v) is 2.19. The number of guanidine groups is 1. The van der Waals surface area contributed by atoms with Gasteiger partial charge in [0.1, 0.15) is 6.07 Å². The van der Waals surface area contributed by atoms with E-state index in [2.05, 4.69) is 25.6 Å². The SMILES string of the molecule is N#CNC(=Nc1cccnc1)Nc1cncc(C#N)c1. The van der Waals surface area contributed by atoms with E-state index in [0.29, 0.717) is 16.9 Å². The van der Waals surface area contributed by atoms with E-state index >= 15 is 0 Å². The lowest BCUT2D eigenvalue weighted by Gasteiger charge is -2.07. The van der Waals surface area contributed by atoms with Gasteiger partial charge in [0.05, 0.1) is 29.3 Å². The van der Waals surface area contributed by atoms with Gasteiger partial charge in [0.2, 0.25) is 5.96 Å². The molecule has 2 aromatic rings. The van der Waals surface area contributed by atoms with Crippen molar-refractivity contribution in [3.63, 3.8) is 0 Å². The van der Waals surface area contributed by atoms with Crippen LogP contribution in [-0.4, -0.2) is 15.9 Å². The van der Waals surface area contributed by atoms with Crippen molar-refractivity contribution in [2.24, 2.45) is 4.99 Å². The Morgan fingerprint density at radius 3 is 2.80 bits per heavy atom. The minimum absolute atomic E-state index is 0.220. The highest BCUT2D eigenvalue weighted by molar-refractivity contribution is 5.96. The van der Waals surface area contributed by atoms with Gasteiger partial charge in [-0.1, -0.05) is 0 Å². The average Bonchev–Trinajstić information content (AvgIpc) is 2.49. The van der Waals surface area contributed by atoms with Gasteiger partial charge in [-0.2, -0.15) is 10.5 Å². The molecule has 2 heterocycles. The molecule has 2 rings (SSSR count). The molecule has 0 atom stereocenters. The van der Waals surface area contributed by atoms with Crippen LogP contribution in [0.5, 0.6) is 0 Å². The summed E-state index contributed by atoms with van der Waals surface area (Å²) in [5.41, 5.74) is 1.55. The van der Waals surface area contributed by atoms with Gasteiger partial charge in [0.25, 0.3) is 0 Å². The molecular formula is C13H9N7. The summed E-state index contributed by atoms with van der Waals surface area (Å²) in [4.78, 5) is 12.0. The Bertz CT molecular complexity index is 695. The van der Waals surface area contributed by atoms with E-state index in [0.717, 1.165) is 0 Å². The molecule has 0 amide bonds. The summed E-state index contributed by atoms with van der Waals surface area (Å²) < 4.78 is 0. The van der Waals surface area contributed by atoms with Crippen molar-refractivity contribution in [2.75, 3.05) is 5.32 Å². The van der Waals surface area contributed by atoms with Crippen molar-refractivity contribution < 1.29 is 0 Å². The number of nitrogens with zero attached hydrogens (tertiary/aromatic N) is 5. The predicted molar refractivity (Wildman–Crippen MR) is 72.7 cm³/mol. The molecule has 7 nitrogen and oxygen atoms in total. The molecule has 0 aliphatic rings. The first kappa shape index (κ1) is 13.0. The molecule has 0 fully saturated rings. The summed E-state index contributed by atoms with van der Waals surface area (Å²) in [5, 5.41) is 22.8. The fourth-order valence-corrected chi connectivity index (χ4v) is 1.40. The van der Waals surface area contributed by atoms with Crippen molar-refractivity contribution in [1.82, 2.24) is 15.3 Å². The second-order valence-corrected chi connectivity index (χ2v) is 3.61. The zero-order chi connectivity index (χ0) is 14.2. The third kappa shape index (κ3) is 3.52. The van der Waals surface area contributed by atoms with Crippen molar-refractivity contribution in [3.05, 3.63) is 48.5 Å². The summed E-state index contributed by atoms with van der Waals surface area (Å²) in [5.74, 6) is 0.220. The van der Waals surface area contributed by atoms with Crippen LogP contribution in [0.15, 0.2) is 48.0 Å². The fourth-order valence-electron chi connectivity index (χ4n) is 1.40. The van der Waals surface area contributed by atoms with Gasteiger partial charge in [-0.15, -0.1) is 0 Å². The summed E-state index contributed by atoms with van der Waals surface area (Å²) in [6.45, 7) is 0. The van der Waals surface area contributed by atoms with Crippen LogP contribution < -0.4 is 10.6 Å².